The van der Waals surface area contributed by atoms with Crippen LogP contribution in [0.1, 0.15) is 33.3 Å². The maximum absolute atomic E-state index is 11.8. The second kappa shape index (κ2) is 6.32. The smallest absolute Gasteiger partial charge is 0.103 e. The summed E-state index contributed by atoms with van der Waals surface area (Å²) >= 11 is 0. The molecule has 0 unspecified atom stereocenters. The molecule has 144 valence electrons. The number of pyridine rings is 1. The van der Waals surface area contributed by atoms with Crippen molar-refractivity contribution in [2.24, 2.45) is 10.8 Å². The van der Waals surface area contributed by atoms with Crippen molar-refractivity contribution in [2.45, 2.75) is 39.3 Å². The molecule has 1 aromatic heterocycles. The summed E-state index contributed by atoms with van der Waals surface area (Å²) in [6.07, 6.45) is 3.72. The van der Waals surface area contributed by atoms with Crippen LogP contribution in [0.2, 0.25) is 0 Å². The van der Waals surface area contributed by atoms with E-state index in [-0.39, 0.29) is 10.8 Å². The monoisotopic (exact) mass is 365 g/mol. The first kappa shape index (κ1) is 18.5. The molecule has 1 aliphatic carbocycles. The van der Waals surface area contributed by atoms with Gasteiger partial charge in [-0.05, 0) is 17.7 Å². The first-order valence-corrected chi connectivity index (χ1v) is 9.97. The van der Waals surface area contributed by atoms with Crippen LogP contribution in [0.4, 0.5) is 5.69 Å². The van der Waals surface area contributed by atoms with Crippen molar-refractivity contribution in [3.05, 3.63) is 60.4 Å². The number of rotatable bonds is 3. The van der Waals surface area contributed by atoms with Crippen LogP contribution in [0.3, 0.4) is 0 Å². The molecule has 1 N–H and O–H groups in total. The summed E-state index contributed by atoms with van der Waals surface area (Å²) in [6.45, 7) is 13.0. The molecule has 2 aliphatic rings. The molecule has 0 radical (unpaired) electrons. The largest absolute Gasteiger partial charge is 0.384 e. The van der Waals surface area contributed by atoms with E-state index in [4.69, 9.17) is 0 Å². The Morgan fingerprint density at radius 2 is 1.41 bits per heavy atom. The number of anilines is 1. The zero-order valence-corrected chi connectivity index (χ0v) is 16.9. The van der Waals surface area contributed by atoms with Crippen LogP contribution < -0.4 is 4.90 Å². The molecule has 27 heavy (non-hydrogen) atoms. The number of hydrogen-bond acceptors (Lipinski definition) is 4. The maximum Gasteiger partial charge on any atom is 0.103 e. The van der Waals surface area contributed by atoms with Gasteiger partial charge in [-0.3, -0.25) is 9.88 Å². The first-order valence-electron chi connectivity index (χ1n) is 9.97. The van der Waals surface area contributed by atoms with Gasteiger partial charge in [-0.2, -0.15) is 0 Å². The fourth-order valence-electron chi connectivity index (χ4n) is 6.18. The van der Waals surface area contributed by atoms with Gasteiger partial charge in [0.05, 0.1) is 0 Å². The molecule has 2 fully saturated rings. The third-order valence-corrected chi connectivity index (χ3v) is 7.13. The summed E-state index contributed by atoms with van der Waals surface area (Å²) in [4.78, 5) is 9.15. The van der Waals surface area contributed by atoms with Crippen LogP contribution in [0, 0.1) is 10.8 Å². The van der Waals surface area contributed by atoms with Gasteiger partial charge in [0.15, 0.2) is 0 Å². The summed E-state index contributed by atoms with van der Waals surface area (Å²) in [7, 11) is 0. The highest BCUT2D eigenvalue weighted by Gasteiger charge is 2.73. The van der Waals surface area contributed by atoms with Gasteiger partial charge in [0.2, 0.25) is 0 Å². The van der Waals surface area contributed by atoms with E-state index in [1.807, 2.05) is 30.6 Å². The van der Waals surface area contributed by atoms with E-state index in [1.165, 1.54) is 5.69 Å². The molecule has 1 aliphatic heterocycles. The molecule has 4 heteroatoms. The molecule has 0 amide bonds. The molecule has 0 atom stereocenters. The molecular weight excluding hydrogens is 334 g/mol. The summed E-state index contributed by atoms with van der Waals surface area (Å²) in [6, 6.07) is 14.7. The van der Waals surface area contributed by atoms with E-state index in [0.29, 0.717) is 6.04 Å². The van der Waals surface area contributed by atoms with Crippen molar-refractivity contribution in [3.8, 4) is 0 Å². The summed E-state index contributed by atoms with van der Waals surface area (Å²) < 4.78 is 0. The van der Waals surface area contributed by atoms with Crippen molar-refractivity contribution >= 4 is 5.69 Å². The predicted octanol–water partition coefficient (Wildman–Crippen LogP) is 3.53. The lowest BCUT2D eigenvalue weighted by molar-refractivity contribution is -0.307. The second-order valence-corrected chi connectivity index (χ2v) is 9.15. The molecule has 4 nitrogen and oxygen atoms in total. The Labute approximate surface area is 162 Å². The van der Waals surface area contributed by atoms with Crippen molar-refractivity contribution < 1.29 is 5.11 Å². The quantitative estimate of drug-likeness (QED) is 0.903. The fourth-order valence-corrected chi connectivity index (χ4v) is 6.18. The highest BCUT2D eigenvalue weighted by atomic mass is 16.3. The van der Waals surface area contributed by atoms with Crippen molar-refractivity contribution in [3.63, 3.8) is 0 Å². The van der Waals surface area contributed by atoms with Crippen LogP contribution in [0.15, 0.2) is 54.9 Å². The Morgan fingerprint density at radius 1 is 0.852 bits per heavy atom. The minimum atomic E-state index is -0.825. The van der Waals surface area contributed by atoms with Crippen LogP contribution in [0.5, 0.6) is 0 Å². The topological polar surface area (TPSA) is 39.6 Å². The molecule has 1 aromatic carbocycles. The number of piperazine rings is 1. The van der Waals surface area contributed by atoms with Gasteiger partial charge in [0.25, 0.3) is 0 Å². The van der Waals surface area contributed by atoms with Gasteiger partial charge in [-0.25, -0.2) is 0 Å². The normalized spacial score (nSPS) is 30.0. The van der Waals surface area contributed by atoms with Crippen LogP contribution >= 0.6 is 0 Å². The first-order chi connectivity index (χ1) is 12.8. The zero-order valence-electron chi connectivity index (χ0n) is 16.9. The third-order valence-electron chi connectivity index (χ3n) is 7.13. The molecule has 4 rings (SSSR count). The Hall–Kier alpha value is -1.91. The number of benzene rings is 1. The minimum Gasteiger partial charge on any atom is -0.384 e. The highest BCUT2D eigenvalue weighted by Crippen LogP contribution is 2.68. The number of nitrogens with zero attached hydrogens (tertiary/aromatic N) is 3. The summed E-state index contributed by atoms with van der Waals surface area (Å²) in [5, 5.41) is 11.8. The molecule has 2 aromatic rings. The standard InChI is InChI=1S/C23H31N3O/c1-21(2)20(22(3,4)23(21,27)18-8-6-5-7-9-18)26-16-14-25(15-17-26)19-10-12-24-13-11-19/h5-13,20,27H,14-17H2,1-4H3. The third kappa shape index (κ3) is 2.54. The van der Waals surface area contributed by atoms with E-state index in [2.05, 4.69) is 66.7 Å². The van der Waals surface area contributed by atoms with E-state index >= 15 is 0 Å². The van der Waals surface area contributed by atoms with Crippen LogP contribution in [-0.2, 0) is 5.60 Å². The molecule has 0 spiro atoms. The molecule has 1 saturated heterocycles. The van der Waals surface area contributed by atoms with Crippen LogP contribution in [0.25, 0.3) is 0 Å². The highest BCUT2D eigenvalue weighted by molar-refractivity contribution is 5.45. The lowest BCUT2D eigenvalue weighted by Gasteiger charge is -2.72. The lowest BCUT2D eigenvalue weighted by Crippen LogP contribution is -2.79. The summed E-state index contributed by atoms with van der Waals surface area (Å²) in [5.74, 6) is 0. The summed E-state index contributed by atoms with van der Waals surface area (Å²) in [5.41, 5.74) is 1.03. The van der Waals surface area contributed by atoms with Gasteiger partial charge in [0.1, 0.15) is 5.60 Å². The van der Waals surface area contributed by atoms with E-state index in [1.54, 1.807) is 0 Å². The number of aromatic nitrogens is 1. The number of aliphatic hydroxyl groups is 1. The average Bonchev–Trinajstić information content (AvgIpc) is 2.68. The van der Waals surface area contributed by atoms with E-state index < -0.39 is 5.60 Å². The lowest BCUT2D eigenvalue weighted by atomic mass is 9.39. The zero-order chi connectivity index (χ0) is 19.3. The van der Waals surface area contributed by atoms with Crippen molar-refractivity contribution in [1.29, 1.82) is 0 Å². The Bertz CT molecular complexity index is 764. The van der Waals surface area contributed by atoms with Gasteiger partial charge < -0.3 is 10.0 Å². The Kier molecular flexibility index (Phi) is 4.32. The minimum absolute atomic E-state index is 0.212. The molecular formula is C23H31N3O. The average molecular weight is 366 g/mol. The fraction of sp³-hybridized carbons (Fsp3) is 0.522. The van der Waals surface area contributed by atoms with Gasteiger partial charge in [0, 0.05) is 61.1 Å². The SMILES string of the molecule is CC1(C)C(N2CCN(c3ccncc3)CC2)C(C)(C)C1(O)c1ccccc1. The van der Waals surface area contributed by atoms with Gasteiger partial charge >= 0.3 is 0 Å². The predicted molar refractivity (Wildman–Crippen MR) is 110 cm³/mol. The maximum atomic E-state index is 11.8. The van der Waals surface area contributed by atoms with Crippen LogP contribution in [-0.4, -0.2) is 47.2 Å². The van der Waals surface area contributed by atoms with E-state index in [9.17, 15) is 5.11 Å². The molecule has 0 bridgehead atoms. The molecule has 2 heterocycles. The molecule has 1 saturated carbocycles. The van der Waals surface area contributed by atoms with Crippen molar-refractivity contribution in [2.75, 3.05) is 31.1 Å². The van der Waals surface area contributed by atoms with Gasteiger partial charge in [-0.1, -0.05) is 58.0 Å². The van der Waals surface area contributed by atoms with Crippen molar-refractivity contribution in [1.82, 2.24) is 9.88 Å². The Morgan fingerprint density at radius 3 is 1.96 bits per heavy atom. The number of hydrogen-bond donors (Lipinski definition) is 1. The van der Waals surface area contributed by atoms with E-state index in [0.717, 1.165) is 31.7 Å². The Balaban J connectivity index is 1.54. The second-order valence-electron chi connectivity index (χ2n) is 9.15. The van der Waals surface area contributed by atoms with Gasteiger partial charge in [-0.15, -0.1) is 0 Å².